The van der Waals surface area contributed by atoms with Crippen LogP contribution in [0.4, 0.5) is 0 Å². The van der Waals surface area contributed by atoms with E-state index in [1.54, 1.807) is 7.11 Å². The topological polar surface area (TPSA) is 9.23 Å². The van der Waals surface area contributed by atoms with Crippen molar-refractivity contribution in [3.63, 3.8) is 0 Å². The lowest BCUT2D eigenvalue weighted by atomic mass is 10.1. The van der Waals surface area contributed by atoms with E-state index in [0.717, 1.165) is 12.8 Å². The molecule has 0 aliphatic heterocycles. The molecule has 0 rings (SSSR count). The summed E-state index contributed by atoms with van der Waals surface area (Å²) >= 11 is 5.85. The van der Waals surface area contributed by atoms with Crippen LogP contribution in [0.15, 0.2) is 23.4 Å². The number of halogens is 1. The second-order valence-electron chi connectivity index (χ2n) is 3.15. The summed E-state index contributed by atoms with van der Waals surface area (Å²) in [5.41, 5.74) is 0. The van der Waals surface area contributed by atoms with Crippen molar-refractivity contribution in [3.8, 4) is 0 Å². The van der Waals surface area contributed by atoms with Gasteiger partial charge in [-0.25, -0.2) is 0 Å². The van der Waals surface area contributed by atoms with E-state index in [2.05, 4.69) is 20.4 Å². The maximum absolute atomic E-state index is 5.85. The van der Waals surface area contributed by atoms with Crippen LogP contribution in [0, 0.1) is 5.92 Å². The van der Waals surface area contributed by atoms with E-state index in [9.17, 15) is 0 Å². The van der Waals surface area contributed by atoms with Crippen LogP contribution in [0.2, 0.25) is 0 Å². The van der Waals surface area contributed by atoms with Crippen LogP contribution in [0.3, 0.4) is 0 Å². The lowest BCUT2D eigenvalue weighted by Gasteiger charge is -2.03. The Morgan fingerprint density at radius 3 is 2.58 bits per heavy atom. The molecule has 0 saturated heterocycles. The summed E-state index contributed by atoms with van der Waals surface area (Å²) in [6.07, 6.45) is 4.08. The summed E-state index contributed by atoms with van der Waals surface area (Å²) in [5.74, 6) is 1.25. The summed E-state index contributed by atoms with van der Waals surface area (Å²) in [6, 6.07) is 0. The van der Waals surface area contributed by atoms with Crippen LogP contribution in [-0.4, -0.2) is 7.11 Å². The minimum Gasteiger partial charge on any atom is -0.496 e. The second-order valence-corrected chi connectivity index (χ2v) is 3.56. The molecule has 0 fully saturated rings. The average molecular weight is 189 g/mol. The van der Waals surface area contributed by atoms with Crippen LogP contribution in [-0.2, 0) is 4.74 Å². The van der Waals surface area contributed by atoms with Crippen molar-refractivity contribution in [3.05, 3.63) is 23.4 Å². The molecule has 0 heterocycles. The summed E-state index contributed by atoms with van der Waals surface area (Å²) < 4.78 is 4.87. The monoisotopic (exact) mass is 188 g/mol. The first kappa shape index (κ1) is 11.6. The highest BCUT2D eigenvalue weighted by Crippen LogP contribution is 2.15. The van der Waals surface area contributed by atoms with Gasteiger partial charge in [0.05, 0.1) is 12.1 Å². The van der Waals surface area contributed by atoms with Crippen LogP contribution < -0.4 is 0 Å². The SMILES string of the molecule is C=C(OC)/C(Cl)=C/CCC(C)C. The molecule has 0 aromatic rings. The van der Waals surface area contributed by atoms with Crippen LogP contribution in [0.5, 0.6) is 0 Å². The number of hydrogen-bond acceptors (Lipinski definition) is 1. The Morgan fingerprint density at radius 1 is 1.58 bits per heavy atom. The third kappa shape index (κ3) is 5.25. The van der Waals surface area contributed by atoms with Gasteiger partial charge in [-0.1, -0.05) is 38.1 Å². The standard InChI is InChI=1S/C10H17ClO/c1-8(2)6-5-7-10(11)9(3)12-4/h7-8H,3,5-6H2,1-2,4H3/b10-7-. The van der Waals surface area contributed by atoms with Crippen molar-refractivity contribution < 1.29 is 4.74 Å². The van der Waals surface area contributed by atoms with E-state index in [-0.39, 0.29) is 0 Å². The van der Waals surface area contributed by atoms with Gasteiger partial charge < -0.3 is 4.74 Å². The van der Waals surface area contributed by atoms with Crippen molar-refractivity contribution >= 4 is 11.6 Å². The van der Waals surface area contributed by atoms with E-state index in [4.69, 9.17) is 16.3 Å². The van der Waals surface area contributed by atoms with Gasteiger partial charge in [0.2, 0.25) is 0 Å². The Kier molecular flexibility index (Phi) is 5.91. The van der Waals surface area contributed by atoms with Crippen LogP contribution >= 0.6 is 11.6 Å². The lowest BCUT2D eigenvalue weighted by Crippen LogP contribution is -1.87. The van der Waals surface area contributed by atoms with Gasteiger partial charge in [0, 0.05) is 0 Å². The van der Waals surface area contributed by atoms with Crippen molar-refractivity contribution in [2.75, 3.05) is 7.11 Å². The number of allylic oxidation sites excluding steroid dienone is 2. The molecule has 0 N–H and O–H groups in total. The lowest BCUT2D eigenvalue weighted by molar-refractivity contribution is 0.306. The molecule has 0 aromatic carbocycles. The normalized spacial score (nSPS) is 11.9. The van der Waals surface area contributed by atoms with E-state index < -0.39 is 0 Å². The predicted octanol–water partition coefficient (Wildman–Crippen LogP) is 3.71. The minimum absolute atomic E-state index is 0.542. The number of methoxy groups -OCH3 is 1. The zero-order chi connectivity index (χ0) is 9.56. The van der Waals surface area contributed by atoms with Gasteiger partial charge in [-0.05, 0) is 18.8 Å². The largest absolute Gasteiger partial charge is 0.496 e. The molecule has 0 radical (unpaired) electrons. The minimum atomic E-state index is 0.542. The zero-order valence-electron chi connectivity index (χ0n) is 8.06. The highest BCUT2D eigenvalue weighted by Gasteiger charge is 1.97. The maximum atomic E-state index is 5.85. The molecular weight excluding hydrogens is 172 g/mol. The van der Waals surface area contributed by atoms with Crippen molar-refractivity contribution in [2.24, 2.45) is 5.92 Å². The van der Waals surface area contributed by atoms with Gasteiger partial charge in [-0.15, -0.1) is 0 Å². The fraction of sp³-hybridized carbons (Fsp3) is 0.600. The fourth-order valence-corrected chi connectivity index (χ4v) is 0.941. The van der Waals surface area contributed by atoms with E-state index in [1.165, 1.54) is 0 Å². The molecule has 1 nitrogen and oxygen atoms in total. The summed E-state index contributed by atoms with van der Waals surface area (Å²) in [7, 11) is 1.57. The van der Waals surface area contributed by atoms with Gasteiger partial charge in [-0.2, -0.15) is 0 Å². The molecule has 0 aliphatic rings. The molecule has 0 aromatic heterocycles. The molecule has 0 saturated carbocycles. The van der Waals surface area contributed by atoms with Crippen LogP contribution in [0.25, 0.3) is 0 Å². The first-order valence-corrected chi connectivity index (χ1v) is 4.54. The zero-order valence-corrected chi connectivity index (χ0v) is 8.82. The molecular formula is C10H17ClO. The molecule has 0 aliphatic carbocycles. The first-order valence-electron chi connectivity index (χ1n) is 4.16. The molecule has 0 spiro atoms. The van der Waals surface area contributed by atoms with Crippen molar-refractivity contribution in [2.45, 2.75) is 26.7 Å². The van der Waals surface area contributed by atoms with Gasteiger partial charge in [0.15, 0.2) is 0 Å². The second kappa shape index (κ2) is 6.13. The maximum Gasteiger partial charge on any atom is 0.129 e. The molecule has 2 heteroatoms. The van der Waals surface area contributed by atoms with E-state index in [1.807, 2.05) is 6.08 Å². The van der Waals surface area contributed by atoms with Crippen molar-refractivity contribution in [1.29, 1.82) is 0 Å². The Hall–Kier alpha value is -0.430. The number of ether oxygens (including phenoxy) is 1. The predicted molar refractivity (Wildman–Crippen MR) is 54.2 cm³/mol. The Balaban J connectivity index is 3.76. The van der Waals surface area contributed by atoms with Gasteiger partial charge in [0.1, 0.15) is 5.76 Å². The third-order valence-corrected chi connectivity index (χ3v) is 1.95. The van der Waals surface area contributed by atoms with Gasteiger partial charge in [0.25, 0.3) is 0 Å². The summed E-state index contributed by atoms with van der Waals surface area (Å²) in [4.78, 5) is 0. The third-order valence-electron chi connectivity index (χ3n) is 1.58. The Labute approximate surface area is 80.1 Å². The molecule has 0 bridgehead atoms. The highest BCUT2D eigenvalue weighted by atomic mass is 35.5. The summed E-state index contributed by atoms with van der Waals surface area (Å²) in [6.45, 7) is 8.02. The molecule has 0 amide bonds. The Bertz CT molecular complexity index is 171. The van der Waals surface area contributed by atoms with E-state index >= 15 is 0 Å². The highest BCUT2D eigenvalue weighted by molar-refractivity contribution is 6.31. The summed E-state index contributed by atoms with van der Waals surface area (Å²) in [5, 5.41) is 0.623. The van der Waals surface area contributed by atoms with Crippen LogP contribution in [0.1, 0.15) is 26.7 Å². The fourth-order valence-electron chi connectivity index (χ4n) is 0.755. The molecule has 0 unspecified atom stereocenters. The number of hydrogen-bond donors (Lipinski definition) is 0. The number of rotatable bonds is 5. The molecule has 70 valence electrons. The molecule has 12 heavy (non-hydrogen) atoms. The first-order chi connectivity index (χ1) is 5.57. The quantitative estimate of drug-likeness (QED) is 0.472. The Morgan fingerprint density at radius 2 is 2.17 bits per heavy atom. The van der Waals surface area contributed by atoms with Crippen molar-refractivity contribution in [1.82, 2.24) is 0 Å². The average Bonchev–Trinajstić information content (AvgIpc) is 2.02. The van der Waals surface area contributed by atoms with E-state index in [0.29, 0.717) is 16.7 Å². The smallest absolute Gasteiger partial charge is 0.129 e. The molecule has 0 atom stereocenters. The van der Waals surface area contributed by atoms with Gasteiger partial charge >= 0.3 is 0 Å². The van der Waals surface area contributed by atoms with Gasteiger partial charge in [-0.3, -0.25) is 0 Å².